The van der Waals surface area contributed by atoms with Crippen molar-refractivity contribution in [2.75, 3.05) is 30.7 Å². The van der Waals surface area contributed by atoms with E-state index in [0.29, 0.717) is 12.0 Å². The van der Waals surface area contributed by atoms with Gasteiger partial charge in [0.15, 0.2) is 0 Å². The number of anilines is 2. The van der Waals surface area contributed by atoms with Gasteiger partial charge in [-0.3, -0.25) is 0 Å². The second kappa shape index (κ2) is 6.39. The van der Waals surface area contributed by atoms with Gasteiger partial charge in [-0.15, -0.1) is 0 Å². The van der Waals surface area contributed by atoms with Crippen LogP contribution in [-0.4, -0.2) is 40.5 Å². The van der Waals surface area contributed by atoms with E-state index in [1.54, 1.807) is 0 Å². The minimum atomic E-state index is 0.333. The molecule has 2 heterocycles. The van der Waals surface area contributed by atoms with Crippen LogP contribution in [0, 0.1) is 18.8 Å². The summed E-state index contributed by atoms with van der Waals surface area (Å²) in [5.41, 5.74) is 6.58. The summed E-state index contributed by atoms with van der Waals surface area (Å²) in [7, 11) is 0. The van der Waals surface area contributed by atoms with Crippen LogP contribution in [0.15, 0.2) is 6.07 Å². The number of nitrogens with zero attached hydrogens (tertiary/aromatic N) is 3. The van der Waals surface area contributed by atoms with Crippen molar-refractivity contribution in [1.82, 2.24) is 14.9 Å². The standard InChI is InChI=1S/C15H27N5/c1-10-5-11(2)8-20(7-10)9-13(4)17-14-6-12(3)18-15(16)19-14/h6,10-11,13H,5,7-9H2,1-4H3,(H3,16,17,18,19)/t10-,11-,13-/m1/s1. The van der Waals surface area contributed by atoms with Crippen LogP contribution in [0.3, 0.4) is 0 Å². The van der Waals surface area contributed by atoms with Gasteiger partial charge in [-0.2, -0.15) is 4.98 Å². The number of likely N-dealkylation sites (tertiary alicyclic amines) is 1. The van der Waals surface area contributed by atoms with Gasteiger partial charge < -0.3 is 16.0 Å². The maximum absolute atomic E-state index is 5.68. The molecule has 0 spiro atoms. The predicted octanol–water partition coefficient (Wildman–Crippen LogP) is 2.15. The number of aryl methyl sites for hydroxylation is 1. The van der Waals surface area contributed by atoms with E-state index < -0.39 is 0 Å². The van der Waals surface area contributed by atoms with Crippen LogP contribution in [-0.2, 0) is 0 Å². The molecular weight excluding hydrogens is 250 g/mol. The lowest BCUT2D eigenvalue weighted by Gasteiger charge is -2.36. The Labute approximate surface area is 122 Å². The highest BCUT2D eigenvalue weighted by atomic mass is 15.2. The molecule has 0 aromatic carbocycles. The van der Waals surface area contributed by atoms with E-state index in [1.165, 1.54) is 19.5 Å². The lowest BCUT2D eigenvalue weighted by atomic mass is 9.92. The van der Waals surface area contributed by atoms with Crippen molar-refractivity contribution in [2.24, 2.45) is 11.8 Å². The lowest BCUT2D eigenvalue weighted by molar-refractivity contribution is 0.138. The number of aromatic nitrogens is 2. The Morgan fingerprint density at radius 3 is 2.60 bits per heavy atom. The van der Waals surface area contributed by atoms with Crippen LogP contribution in [0.25, 0.3) is 0 Å². The number of nitrogens with one attached hydrogen (secondary N) is 1. The molecule has 112 valence electrons. The van der Waals surface area contributed by atoms with Crippen LogP contribution >= 0.6 is 0 Å². The monoisotopic (exact) mass is 277 g/mol. The summed E-state index contributed by atoms with van der Waals surface area (Å²) in [4.78, 5) is 10.9. The van der Waals surface area contributed by atoms with Crippen molar-refractivity contribution in [2.45, 2.75) is 40.2 Å². The fraction of sp³-hybridized carbons (Fsp3) is 0.733. The molecule has 0 radical (unpaired) electrons. The number of hydrogen-bond acceptors (Lipinski definition) is 5. The van der Waals surface area contributed by atoms with Crippen molar-refractivity contribution in [3.8, 4) is 0 Å². The predicted molar refractivity (Wildman–Crippen MR) is 83.7 cm³/mol. The van der Waals surface area contributed by atoms with Crippen molar-refractivity contribution < 1.29 is 0 Å². The number of nitrogen functional groups attached to an aromatic ring is 1. The van der Waals surface area contributed by atoms with Crippen molar-refractivity contribution in [1.29, 1.82) is 0 Å². The van der Waals surface area contributed by atoms with Crippen LogP contribution in [0.2, 0.25) is 0 Å². The molecule has 20 heavy (non-hydrogen) atoms. The third kappa shape index (κ3) is 4.34. The zero-order valence-corrected chi connectivity index (χ0v) is 13.1. The highest BCUT2D eigenvalue weighted by Gasteiger charge is 2.22. The summed E-state index contributed by atoms with van der Waals surface area (Å²) in [5, 5.41) is 3.43. The maximum atomic E-state index is 5.68. The first kappa shape index (κ1) is 15.0. The molecular formula is C15H27N5. The molecule has 5 nitrogen and oxygen atoms in total. The first-order chi connectivity index (χ1) is 9.42. The molecule has 1 aliphatic rings. The van der Waals surface area contributed by atoms with Gasteiger partial charge in [0.1, 0.15) is 5.82 Å². The molecule has 3 atom stereocenters. The number of hydrogen-bond donors (Lipinski definition) is 2. The molecule has 0 amide bonds. The van der Waals surface area contributed by atoms with E-state index in [9.17, 15) is 0 Å². The Balaban J connectivity index is 1.90. The van der Waals surface area contributed by atoms with Crippen molar-refractivity contribution >= 4 is 11.8 Å². The van der Waals surface area contributed by atoms with Crippen LogP contribution in [0.1, 0.15) is 32.9 Å². The number of piperidine rings is 1. The SMILES string of the molecule is Cc1cc(N[C@H](C)CN2C[C@H](C)C[C@@H](C)C2)nc(N)n1. The quantitative estimate of drug-likeness (QED) is 0.882. The van der Waals surface area contributed by atoms with Crippen molar-refractivity contribution in [3.05, 3.63) is 11.8 Å². The molecule has 0 bridgehead atoms. The van der Waals surface area contributed by atoms with E-state index >= 15 is 0 Å². The topological polar surface area (TPSA) is 67.1 Å². The van der Waals surface area contributed by atoms with E-state index in [1.807, 2.05) is 13.0 Å². The Morgan fingerprint density at radius 1 is 1.35 bits per heavy atom. The molecule has 1 aromatic rings. The van der Waals surface area contributed by atoms with Gasteiger partial charge in [0, 0.05) is 37.4 Å². The highest BCUT2D eigenvalue weighted by molar-refractivity contribution is 5.40. The number of nitrogens with two attached hydrogens (primary N) is 1. The van der Waals surface area contributed by atoms with Gasteiger partial charge in [0.2, 0.25) is 5.95 Å². The fourth-order valence-corrected chi connectivity index (χ4v) is 3.29. The molecule has 0 aliphatic carbocycles. The molecule has 2 rings (SSSR count). The average molecular weight is 277 g/mol. The summed E-state index contributed by atoms with van der Waals surface area (Å²) in [6.45, 7) is 12.2. The Bertz CT molecular complexity index is 418. The average Bonchev–Trinajstić information content (AvgIpc) is 2.24. The summed E-state index contributed by atoms with van der Waals surface area (Å²) in [6.07, 6.45) is 1.35. The lowest BCUT2D eigenvalue weighted by Crippen LogP contribution is -2.43. The molecule has 1 aliphatic heterocycles. The van der Waals surface area contributed by atoms with Gasteiger partial charge >= 0.3 is 0 Å². The largest absolute Gasteiger partial charge is 0.368 e. The van der Waals surface area contributed by atoms with E-state index in [2.05, 4.69) is 41.0 Å². The second-order valence-corrected chi connectivity index (χ2v) is 6.46. The van der Waals surface area contributed by atoms with Crippen LogP contribution in [0.4, 0.5) is 11.8 Å². The van der Waals surface area contributed by atoms with Gasteiger partial charge in [-0.05, 0) is 32.1 Å². The minimum Gasteiger partial charge on any atom is -0.368 e. The molecule has 1 saturated heterocycles. The molecule has 5 heteroatoms. The molecule has 3 N–H and O–H groups in total. The minimum absolute atomic E-state index is 0.333. The zero-order valence-electron chi connectivity index (χ0n) is 13.1. The first-order valence-electron chi connectivity index (χ1n) is 7.52. The molecule has 0 saturated carbocycles. The van der Waals surface area contributed by atoms with Gasteiger partial charge in [-0.1, -0.05) is 13.8 Å². The number of rotatable bonds is 4. The van der Waals surface area contributed by atoms with E-state index in [0.717, 1.165) is 29.9 Å². The third-order valence-corrected chi connectivity index (χ3v) is 3.74. The summed E-state index contributed by atoms with van der Waals surface area (Å²) >= 11 is 0. The summed E-state index contributed by atoms with van der Waals surface area (Å²) in [5.74, 6) is 2.74. The van der Waals surface area contributed by atoms with Crippen molar-refractivity contribution in [3.63, 3.8) is 0 Å². The maximum Gasteiger partial charge on any atom is 0.222 e. The normalized spacial score (nSPS) is 25.4. The fourth-order valence-electron chi connectivity index (χ4n) is 3.29. The smallest absolute Gasteiger partial charge is 0.222 e. The molecule has 0 unspecified atom stereocenters. The summed E-state index contributed by atoms with van der Waals surface area (Å²) < 4.78 is 0. The van der Waals surface area contributed by atoms with Gasteiger partial charge in [-0.25, -0.2) is 4.98 Å². The second-order valence-electron chi connectivity index (χ2n) is 6.46. The van der Waals surface area contributed by atoms with E-state index in [4.69, 9.17) is 5.73 Å². The third-order valence-electron chi connectivity index (χ3n) is 3.74. The van der Waals surface area contributed by atoms with Gasteiger partial charge in [0.05, 0.1) is 0 Å². The van der Waals surface area contributed by atoms with E-state index in [-0.39, 0.29) is 0 Å². The Hall–Kier alpha value is -1.36. The molecule has 1 aromatic heterocycles. The Kier molecular flexibility index (Phi) is 4.81. The summed E-state index contributed by atoms with van der Waals surface area (Å²) in [6, 6.07) is 2.29. The first-order valence-corrected chi connectivity index (χ1v) is 7.52. The van der Waals surface area contributed by atoms with Crippen LogP contribution < -0.4 is 11.1 Å². The zero-order chi connectivity index (χ0) is 14.7. The van der Waals surface area contributed by atoms with Crippen LogP contribution in [0.5, 0.6) is 0 Å². The Morgan fingerprint density at radius 2 is 2.00 bits per heavy atom. The van der Waals surface area contributed by atoms with Gasteiger partial charge in [0.25, 0.3) is 0 Å². The highest BCUT2D eigenvalue weighted by Crippen LogP contribution is 2.21. The molecule has 1 fully saturated rings.